The second-order valence-electron chi connectivity index (χ2n) is 6.31. The molecule has 1 aliphatic rings. The predicted molar refractivity (Wildman–Crippen MR) is 58.6 cm³/mol. The number of hydrogen-bond donors (Lipinski definition) is 0. The molecule has 0 aliphatic heterocycles. The molecule has 0 heterocycles. The Hall–Kier alpha value is 1.23. The fourth-order valence-corrected chi connectivity index (χ4v) is 3.10. The van der Waals surface area contributed by atoms with Crippen molar-refractivity contribution in [1.82, 2.24) is 0 Å². The molecule has 1 aliphatic carbocycles. The van der Waals surface area contributed by atoms with Gasteiger partial charge in [0.05, 0.1) is 0 Å². The predicted octanol–water partition coefficient (Wildman–Crippen LogP) is 1.54. The van der Waals surface area contributed by atoms with Crippen LogP contribution in [0.2, 0.25) is 0 Å². The summed E-state index contributed by atoms with van der Waals surface area (Å²) >= 11 is 0. The Morgan fingerprint density at radius 1 is 1.00 bits per heavy atom. The van der Waals surface area contributed by atoms with E-state index < -0.39 is 6.98 Å². The zero-order valence-electron chi connectivity index (χ0n) is 10.9. The first-order valence-electron chi connectivity index (χ1n) is 5.40. The van der Waals surface area contributed by atoms with Crippen LogP contribution in [0.5, 0.6) is 0 Å². The Kier molecular flexibility index (Phi) is 5.89. The summed E-state index contributed by atoms with van der Waals surface area (Å²) < 4.78 is 37.0. The van der Waals surface area contributed by atoms with E-state index in [1.807, 2.05) is 27.7 Å². The summed E-state index contributed by atoms with van der Waals surface area (Å²) in [6.45, 7) is 3.41. The molecule has 16 heavy (non-hydrogen) atoms. The monoisotopic (exact) mass is 258 g/mol. The van der Waals surface area contributed by atoms with Crippen molar-refractivity contribution in [2.24, 2.45) is 10.8 Å². The zero-order chi connectivity index (χ0) is 11.9. The Balaban J connectivity index is 0.00000225. The second-order valence-corrected chi connectivity index (χ2v) is 6.31. The smallest absolute Gasteiger partial charge is 0.445 e. The molecule has 0 aromatic carbocycles. The minimum atomic E-state index is -4.78. The molecule has 0 radical (unpaired) electrons. The van der Waals surface area contributed by atoms with Crippen LogP contribution in [0.15, 0.2) is 11.5 Å². The normalized spacial score (nSPS) is 23.6. The molecule has 88 valence electrons. The van der Waals surface area contributed by atoms with Gasteiger partial charge >= 0.3 is 58.4 Å². The van der Waals surface area contributed by atoms with Gasteiger partial charge in [0.1, 0.15) is 0 Å². The molecule has 0 unspecified atom stereocenters. The molecule has 0 bridgehead atoms. The maximum atomic E-state index is 12.3. The second kappa shape index (κ2) is 5.47. The van der Waals surface area contributed by atoms with Crippen LogP contribution >= 0.6 is 0 Å². The molecule has 0 saturated heterocycles. The minimum absolute atomic E-state index is 0. The van der Waals surface area contributed by atoms with E-state index in [0.29, 0.717) is 24.4 Å². The molecule has 0 atom stereocenters. The molecular formula is C11H19BF3K. The molecule has 0 aromatic heterocycles. The summed E-state index contributed by atoms with van der Waals surface area (Å²) in [7, 11) is 0. The van der Waals surface area contributed by atoms with Crippen LogP contribution in [-0.2, 0) is 0 Å². The topological polar surface area (TPSA) is 0 Å². The van der Waals surface area contributed by atoms with Crippen molar-refractivity contribution in [3.8, 4) is 0 Å². The van der Waals surface area contributed by atoms with Crippen LogP contribution in [0.25, 0.3) is 0 Å². The minimum Gasteiger partial charge on any atom is -0.445 e. The van der Waals surface area contributed by atoms with Crippen molar-refractivity contribution in [2.75, 3.05) is 0 Å². The van der Waals surface area contributed by atoms with Crippen LogP contribution in [0.1, 0.15) is 47.0 Å². The third-order valence-electron chi connectivity index (χ3n) is 2.79. The summed E-state index contributed by atoms with van der Waals surface area (Å²) in [5.41, 5.74) is 0.563. The average molecular weight is 258 g/mol. The summed E-state index contributed by atoms with van der Waals surface area (Å²) in [6, 6.07) is 0. The van der Waals surface area contributed by atoms with Gasteiger partial charge in [0.15, 0.2) is 0 Å². The van der Waals surface area contributed by atoms with E-state index in [4.69, 9.17) is 0 Å². The van der Waals surface area contributed by atoms with Crippen LogP contribution in [0.3, 0.4) is 0 Å². The van der Waals surface area contributed by atoms with E-state index in [2.05, 4.69) is 0 Å². The number of hydrogen-bond acceptors (Lipinski definition) is 0. The summed E-state index contributed by atoms with van der Waals surface area (Å²) in [5.74, 6) is 0.558. The van der Waals surface area contributed by atoms with Gasteiger partial charge < -0.3 is 12.9 Å². The Bertz CT molecular complexity index is 261. The quantitative estimate of drug-likeness (QED) is 0.626. The van der Waals surface area contributed by atoms with Gasteiger partial charge in [0.25, 0.3) is 0 Å². The van der Waals surface area contributed by atoms with E-state index in [1.165, 1.54) is 0 Å². The molecule has 0 amide bonds. The van der Waals surface area contributed by atoms with Crippen molar-refractivity contribution >= 4 is 6.98 Å². The maximum absolute atomic E-state index is 12.3. The van der Waals surface area contributed by atoms with Crippen LogP contribution < -0.4 is 51.4 Å². The SMILES string of the molecule is CC1(C)CC(=C[B-](F)(F)F)CC(C)(C)C1.[K+]. The standard InChI is InChI=1S/C11H19BF3.K/c1-10(2)5-9(7-12(13,14)15)6-11(3,4)8-10;/h7H,5-6,8H2,1-4H3;/q-1;+1. The first-order valence-corrected chi connectivity index (χ1v) is 5.40. The molecule has 0 nitrogen and oxygen atoms in total. The summed E-state index contributed by atoms with van der Waals surface area (Å²) in [6.07, 6.45) is 2.15. The Morgan fingerprint density at radius 2 is 1.38 bits per heavy atom. The van der Waals surface area contributed by atoms with Crippen molar-refractivity contribution < 1.29 is 64.3 Å². The van der Waals surface area contributed by atoms with E-state index in [0.717, 1.165) is 6.42 Å². The van der Waals surface area contributed by atoms with Gasteiger partial charge in [-0.25, -0.2) is 0 Å². The van der Waals surface area contributed by atoms with Crippen LogP contribution in [0.4, 0.5) is 12.9 Å². The van der Waals surface area contributed by atoms with Gasteiger partial charge in [0, 0.05) is 0 Å². The van der Waals surface area contributed by atoms with Gasteiger partial charge in [-0.05, 0) is 30.1 Å². The molecule has 5 heteroatoms. The van der Waals surface area contributed by atoms with E-state index >= 15 is 0 Å². The van der Waals surface area contributed by atoms with Gasteiger partial charge in [-0.3, -0.25) is 0 Å². The Morgan fingerprint density at radius 3 is 1.69 bits per heavy atom. The van der Waals surface area contributed by atoms with E-state index in [1.54, 1.807) is 0 Å². The van der Waals surface area contributed by atoms with Crippen molar-refractivity contribution in [3.05, 3.63) is 11.5 Å². The summed E-state index contributed by atoms with van der Waals surface area (Å²) in [5, 5.41) is 0. The molecule has 0 aromatic rings. The maximum Gasteiger partial charge on any atom is 1.00 e. The molecule has 0 spiro atoms. The molecule has 1 fully saturated rings. The first kappa shape index (κ1) is 17.2. The van der Waals surface area contributed by atoms with Gasteiger partial charge in [-0.2, -0.15) is 0 Å². The van der Waals surface area contributed by atoms with Crippen molar-refractivity contribution in [1.29, 1.82) is 0 Å². The zero-order valence-corrected chi connectivity index (χ0v) is 14.0. The first-order chi connectivity index (χ1) is 6.49. The Labute approximate surface area is 139 Å². The average Bonchev–Trinajstić information content (AvgIpc) is 1.70. The number of rotatable bonds is 1. The van der Waals surface area contributed by atoms with E-state index in [-0.39, 0.29) is 62.2 Å². The third-order valence-corrected chi connectivity index (χ3v) is 2.79. The fraction of sp³-hybridized carbons (Fsp3) is 0.818. The molecule has 1 saturated carbocycles. The largest absolute Gasteiger partial charge is 1.00 e. The molecule has 1 rings (SSSR count). The third kappa shape index (κ3) is 6.24. The summed E-state index contributed by atoms with van der Waals surface area (Å²) in [4.78, 5) is 0. The van der Waals surface area contributed by atoms with Crippen molar-refractivity contribution in [3.63, 3.8) is 0 Å². The van der Waals surface area contributed by atoms with E-state index in [9.17, 15) is 12.9 Å². The van der Waals surface area contributed by atoms with Gasteiger partial charge in [-0.15, -0.1) is 11.5 Å². The number of allylic oxidation sites excluding steroid dienone is 1. The number of halogens is 3. The van der Waals surface area contributed by atoms with Gasteiger partial charge in [0.2, 0.25) is 0 Å². The molecular weight excluding hydrogens is 239 g/mol. The van der Waals surface area contributed by atoms with Crippen molar-refractivity contribution in [2.45, 2.75) is 47.0 Å². The van der Waals surface area contributed by atoms with Crippen LogP contribution in [0, 0.1) is 10.8 Å². The molecule has 0 N–H and O–H groups in total. The van der Waals surface area contributed by atoms with Gasteiger partial charge in [-0.1, -0.05) is 27.7 Å². The fourth-order valence-electron chi connectivity index (χ4n) is 3.10. The van der Waals surface area contributed by atoms with Crippen LogP contribution in [-0.4, -0.2) is 6.98 Å².